The lowest BCUT2D eigenvalue weighted by Crippen LogP contribution is -1.99. The van der Waals surface area contributed by atoms with E-state index in [4.69, 9.17) is 19.7 Å². The SMILES string of the molecule is COc1ccc(-c2noc(N)c2CC(C)C)cc1OC. The van der Waals surface area contributed by atoms with Crippen molar-refractivity contribution in [1.82, 2.24) is 5.16 Å². The molecule has 0 aliphatic heterocycles. The molecule has 1 aromatic heterocycles. The van der Waals surface area contributed by atoms with Crippen LogP contribution in [0.25, 0.3) is 11.3 Å². The quantitative estimate of drug-likeness (QED) is 0.908. The minimum absolute atomic E-state index is 0.378. The minimum atomic E-state index is 0.378. The Balaban J connectivity index is 2.46. The second-order valence-corrected chi connectivity index (χ2v) is 5.04. The van der Waals surface area contributed by atoms with Gasteiger partial charge < -0.3 is 19.7 Å². The Bertz CT molecular complexity index is 591. The summed E-state index contributed by atoms with van der Waals surface area (Å²) in [7, 11) is 3.21. The number of hydrogen-bond donors (Lipinski definition) is 1. The molecule has 2 aromatic rings. The maximum absolute atomic E-state index is 5.87. The van der Waals surface area contributed by atoms with Crippen molar-refractivity contribution in [1.29, 1.82) is 0 Å². The molecule has 0 amide bonds. The van der Waals surface area contributed by atoms with E-state index in [9.17, 15) is 0 Å². The van der Waals surface area contributed by atoms with Gasteiger partial charge in [-0.1, -0.05) is 19.0 Å². The fourth-order valence-corrected chi connectivity index (χ4v) is 2.14. The lowest BCUT2D eigenvalue weighted by Gasteiger charge is -2.09. The number of hydrogen-bond acceptors (Lipinski definition) is 5. The summed E-state index contributed by atoms with van der Waals surface area (Å²) in [6.07, 6.45) is 0.818. The molecule has 0 spiro atoms. The highest BCUT2D eigenvalue weighted by atomic mass is 16.5. The number of anilines is 1. The van der Waals surface area contributed by atoms with Gasteiger partial charge in [-0.2, -0.15) is 0 Å². The number of benzene rings is 1. The summed E-state index contributed by atoms with van der Waals surface area (Å²) in [5, 5.41) is 4.07. The third-order valence-corrected chi connectivity index (χ3v) is 3.09. The molecular weight excluding hydrogens is 256 g/mol. The first-order chi connectivity index (χ1) is 9.56. The summed E-state index contributed by atoms with van der Waals surface area (Å²) >= 11 is 0. The van der Waals surface area contributed by atoms with Crippen molar-refractivity contribution in [3.05, 3.63) is 23.8 Å². The standard InChI is InChI=1S/C15H20N2O3/c1-9(2)7-11-14(17-20-15(11)16)10-5-6-12(18-3)13(8-10)19-4/h5-6,8-9H,7,16H2,1-4H3. The maximum atomic E-state index is 5.87. The van der Waals surface area contributed by atoms with E-state index in [0.29, 0.717) is 23.3 Å². The molecule has 5 nitrogen and oxygen atoms in total. The first-order valence-electron chi connectivity index (χ1n) is 6.53. The molecule has 0 unspecified atom stereocenters. The fraction of sp³-hybridized carbons (Fsp3) is 0.400. The van der Waals surface area contributed by atoms with Crippen LogP contribution in [0, 0.1) is 5.92 Å². The predicted octanol–water partition coefficient (Wildman–Crippen LogP) is 3.14. The second kappa shape index (κ2) is 5.86. The van der Waals surface area contributed by atoms with Gasteiger partial charge in [0.15, 0.2) is 11.5 Å². The number of nitrogen functional groups attached to an aromatic ring is 1. The minimum Gasteiger partial charge on any atom is -0.493 e. The average molecular weight is 276 g/mol. The molecule has 5 heteroatoms. The second-order valence-electron chi connectivity index (χ2n) is 5.04. The van der Waals surface area contributed by atoms with E-state index in [-0.39, 0.29) is 0 Å². The van der Waals surface area contributed by atoms with E-state index in [2.05, 4.69) is 19.0 Å². The van der Waals surface area contributed by atoms with Crippen molar-refractivity contribution < 1.29 is 14.0 Å². The molecule has 20 heavy (non-hydrogen) atoms. The fourth-order valence-electron chi connectivity index (χ4n) is 2.14. The Labute approximate surface area is 118 Å². The molecule has 0 saturated carbocycles. The third kappa shape index (κ3) is 2.71. The molecule has 1 aromatic carbocycles. The highest BCUT2D eigenvalue weighted by Crippen LogP contribution is 2.35. The largest absolute Gasteiger partial charge is 0.493 e. The van der Waals surface area contributed by atoms with Crippen LogP contribution in [0.5, 0.6) is 11.5 Å². The molecule has 1 heterocycles. The smallest absolute Gasteiger partial charge is 0.225 e. The van der Waals surface area contributed by atoms with E-state index in [1.165, 1.54) is 0 Å². The van der Waals surface area contributed by atoms with Gasteiger partial charge in [-0.05, 0) is 30.5 Å². The van der Waals surface area contributed by atoms with Crippen LogP contribution in [0.2, 0.25) is 0 Å². The summed E-state index contributed by atoms with van der Waals surface area (Å²) in [6, 6.07) is 5.64. The van der Waals surface area contributed by atoms with Gasteiger partial charge in [-0.25, -0.2) is 0 Å². The zero-order valence-electron chi connectivity index (χ0n) is 12.3. The molecule has 0 fully saturated rings. The van der Waals surface area contributed by atoms with Crippen LogP contribution in [0.15, 0.2) is 22.7 Å². The Morgan fingerprint density at radius 2 is 1.90 bits per heavy atom. The predicted molar refractivity (Wildman–Crippen MR) is 78.0 cm³/mol. The van der Waals surface area contributed by atoms with Crippen LogP contribution >= 0.6 is 0 Å². The molecule has 0 atom stereocenters. The van der Waals surface area contributed by atoms with E-state index in [0.717, 1.165) is 23.2 Å². The van der Waals surface area contributed by atoms with Gasteiger partial charge in [0.1, 0.15) is 5.69 Å². The monoisotopic (exact) mass is 276 g/mol. The molecule has 0 aliphatic rings. The van der Waals surface area contributed by atoms with Crippen molar-refractivity contribution >= 4 is 5.88 Å². The Morgan fingerprint density at radius 1 is 1.20 bits per heavy atom. The van der Waals surface area contributed by atoms with Gasteiger partial charge in [0, 0.05) is 11.1 Å². The van der Waals surface area contributed by atoms with Crippen LogP contribution in [-0.4, -0.2) is 19.4 Å². The van der Waals surface area contributed by atoms with E-state index < -0.39 is 0 Å². The molecule has 0 radical (unpaired) electrons. The maximum Gasteiger partial charge on any atom is 0.225 e. The topological polar surface area (TPSA) is 70.5 Å². The first-order valence-corrected chi connectivity index (χ1v) is 6.53. The zero-order valence-corrected chi connectivity index (χ0v) is 12.3. The Morgan fingerprint density at radius 3 is 2.50 bits per heavy atom. The summed E-state index contributed by atoms with van der Waals surface area (Å²) in [4.78, 5) is 0. The molecule has 0 bridgehead atoms. The van der Waals surface area contributed by atoms with E-state index in [1.54, 1.807) is 14.2 Å². The van der Waals surface area contributed by atoms with E-state index >= 15 is 0 Å². The lowest BCUT2D eigenvalue weighted by atomic mass is 9.99. The summed E-state index contributed by atoms with van der Waals surface area (Å²) in [6.45, 7) is 4.26. The van der Waals surface area contributed by atoms with Crippen LogP contribution in [0.1, 0.15) is 19.4 Å². The van der Waals surface area contributed by atoms with Crippen molar-refractivity contribution in [3.8, 4) is 22.8 Å². The Kier molecular flexibility index (Phi) is 4.17. The number of ether oxygens (including phenoxy) is 2. The van der Waals surface area contributed by atoms with Crippen molar-refractivity contribution in [2.24, 2.45) is 5.92 Å². The zero-order chi connectivity index (χ0) is 14.7. The van der Waals surface area contributed by atoms with Gasteiger partial charge in [-0.3, -0.25) is 0 Å². The highest BCUT2D eigenvalue weighted by Gasteiger charge is 2.18. The van der Waals surface area contributed by atoms with Gasteiger partial charge in [0.2, 0.25) is 5.88 Å². The molecule has 2 N–H and O–H groups in total. The van der Waals surface area contributed by atoms with Gasteiger partial charge in [0.25, 0.3) is 0 Å². The van der Waals surface area contributed by atoms with Gasteiger partial charge in [-0.15, -0.1) is 0 Å². The van der Waals surface area contributed by atoms with Crippen LogP contribution in [-0.2, 0) is 6.42 Å². The molecule has 0 saturated heterocycles. The van der Waals surface area contributed by atoms with Crippen molar-refractivity contribution in [3.63, 3.8) is 0 Å². The average Bonchev–Trinajstić information content (AvgIpc) is 2.79. The van der Waals surface area contributed by atoms with Crippen LogP contribution in [0.4, 0.5) is 5.88 Å². The Hall–Kier alpha value is -2.17. The number of rotatable bonds is 5. The highest BCUT2D eigenvalue weighted by molar-refractivity contribution is 5.69. The molecule has 0 aliphatic carbocycles. The number of nitrogens with zero attached hydrogens (tertiary/aromatic N) is 1. The summed E-state index contributed by atoms with van der Waals surface area (Å²) < 4.78 is 15.7. The van der Waals surface area contributed by atoms with Crippen LogP contribution < -0.4 is 15.2 Å². The van der Waals surface area contributed by atoms with Gasteiger partial charge >= 0.3 is 0 Å². The normalized spacial score (nSPS) is 10.8. The van der Waals surface area contributed by atoms with E-state index in [1.807, 2.05) is 18.2 Å². The lowest BCUT2D eigenvalue weighted by molar-refractivity contribution is 0.355. The number of aromatic nitrogens is 1. The number of nitrogens with two attached hydrogens (primary N) is 1. The number of methoxy groups -OCH3 is 2. The summed E-state index contributed by atoms with van der Waals surface area (Å²) in [5.41, 5.74) is 8.47. The summed E-state index contributed by atoms with van der Waals surface area (Å²) in [5.74, 6) is 2.18. The molecule has 2 rings (SSSR count). The van der Waals surface area contributed by atoms with Crippen molar-refractivity contribution in [2.75, 3.05) is 20.0 Å². The first kappa shape index (κ1) is 14.2. The molecule has 108 valence electrons. The third-order valence-electron chi connectivity index (χ3n) is 3.09. The van der Waals surface area contributed by atoms with Gasteiger partial charge in [0.05, 0.1) is 14.2 Å². The van der Waals surface area contributed by atoms with Crippen LogP contribution in [0.3, 0.4) is 0 Å². The van der Waals surface area contributed by atoms with Crippen molar-refractivity contribution in [2.45, 2.75) is 20.3 Å². The molecular formula is C15H20N2O3.